The lowest BCUT2D eigenvalue weighted by atomic mass is 9.98. The van der Waals surface area contributed by atoms with Crippen molar-refractivity contribution in [1.82, 2.24) is 0 Å². The summed E-state index contributed by atoms with van der Waals surface area (Å²) < 4.78 is 0. The Bertz CT molecular complexity index is 331. The van der Waals surface area contributed by atoms with E-state index in [4.69, 9.17) is 11.6 Å². The minimum Gasteiger partial charge on any atom is -0.294 e. The quantitative estimate of drug-likeness (QED) is 0.549. The number of carbonyl (C=O) groups is 1. The first-order valence-corrected chi connectivity index (χ1v) is 5.35. The number of hydrogen-bond acceptors (Lipinski definition) is 1. The van der Waals surface area contributed by atoms with Gasteiger partial charge in [-0.1, -0.05) is 18.2 Å². The average molecular weight is 211 g/mol. The highest BCUT2D eigenvalue weighted by molar-refractivity contribution is 6.18. The summed E-state index contributed by atoms with van der Waals surface area (Å²) in [5.74, 6) is 0.753. The van der Waals surface area contributed by atoms with Crippen LogP contribution in [0.5, 0.6) is 0 Å². The van der Waals surface area contributed by atoms with E-state index in [1.165, 1.54) is 5.56 Å². The number of alkyl halides is 1. The summed E-state index contributed by atoms with van der Waals surface area (Å²) >= 11 is 5.55. The minimum atomic E-state index is 0.201. The van der Waals surface area contributed by atoms with Gasteiger partial charge in [0.15, 0.2) is 5.78 Å². The smallest absolute Gasteiger partial charge is 0.163 e. The fourth-order valence-electron chi connectivity index (χ4n) is 1.42. The fraction of sp³-hybridized carbons (Fsp3) is 0.417. The van der Waals surface area contributed by atoms with Crippen molar-refractivity contribution in [2.45, 2.75) is 26.7 Å². The number of Topliss-reactive ketones (excluding diaryl/α,β-unsaturated/α-hetero) is 1. The van der Waals surface area contributed by atoms with Gasteiger partial charge < -0.3 is 0 Å². The molecule has 0 heterocycles. The first kappa shape index (κ1) is 11.3. The number of carbonyl (C=O) groups excluding carboxylic acids is 1. The van der Waals surface area contributed by atoms with E-state index in [1.807, 2.05) is 32.0 Å². The number of aryl methyl sites for hydroxylation is 1. The summed E-state index contributed by atoms with van der Waals surface area (Å²) in [6.45, 7) is 4.01. The zero-order valence-electron chi connectivity index (χ0n) is 8.64. The molecule has 2 heteroatoms. The second-order valence-electron chi connectivity index (χ2n) is 3.46. The first-order chi connectivity index (χ1) is 6.66. The van der Waals surface area contributed by atoms with Crippen LogP contribution in [-0.4, -0.2) is 11.7 Å². The van der Waals surface area contributed by atoms with Crippen molar-refractivity contribution in [2.24, 2.45) is 0 Å². The highest BCUT2D eigenvalue weighted by Crippen LogP contribution is 2.15. The summed E-state index contributed by atoms with van der Waals surface area (Å²) in [6, 6.07) is 5.84. The SMILES string of the molecule is Cc1cccc(C(=O)CCCCl)c1C. The van der Waals surface area contributed by atoms with Crippen LogP contribution < -0.4 is 0 Å². The Kier molecular flexibility index (Phi) is 4.15. The van der Waals surface area contributed by atoms with Crippen LogP contribution in [0.4, 0.5) is 0 Å². The van der Waals surface area contributed by atoms with E-state index in [0.717, 1.165) is 17.5 Å². The van der Waals surface area contributed by atoms with Gasteiger partial charge in [0.1, 0.15) is 0 Å². The highest BCUT2D eigenvalue weighted by atomic mass is 35.5. The Morgan fingerprint density at radius 1 is 1.36 bits per heavy atom. The second kappa shape index (κ2) is 5.16. The van der Waals surface area contributed by atoms with Crippen molar-refractivity contribution < 1.29 is 4.79 Å². The molecule has 0 fully saturated rings. The van der Waals surface area contributed by atoms with Gasteiger partial charge >= 0.3 is 0 Å². The molecule has 76 valence electrons. The lowest BCUT2D eigenvalue weighted by molar-refractivity contribution is 0.0981. The number of benzene rings is 1. The number of hydrogen-bond donors (Lipinski definition) is 0. The van der Waals surface area contributed by atoms with Crippen LogP contribution in [0.3, 0.4) is 0 Å². The molecule has 1 aromatic carbocycles. The molecule has 1 nitrogen and oxygen atoms in total. The van der Waals surface area contributed by atoms with Crippen molar-refractivity contribution in [2.75, 3.05) is 5.88 Å². The lowest BCUT2D eigenvalue weighted by Gasteiger charge is -2.06. The van der Waals surface area contributed by atoms with Crippen LogP contribution in [0.15, 0.2) is 18.2 Å². The van der Waals surface area contributed by atoms with Crippen molar-refractivity contribution in [3.8, 4) is 0 Å². The van der Waals surface area contributed by atoms with Crippen LogP contribution in [0.1, 0.15) is 34.3 Å². The van der Waals surface area contributed by atoms with E-state index in [9.17, 15) is 4.79 Å². The lowest BCUT2D eigenvalue weighted by Crippen LogP contribution is -2.03. The van der Waals surface area contributed by atoms with Gasteiger partial charge in [-0.05, 0) is 31.4 Å². The Balaban J connectivity index is 2.84. The van der Waals surface area contributed by atoms with Crippen molar-refractivity contribution in [3.63, 3.8) is 0 Å². The summed E-state index contributed by atoms with van der Waals surface area (Å²) in [6.07, 6.45) is 1.31. The third-order valence-electron chi connectivity index (χ3n) is 2.44. The van der Waals surface area contributed by atoms with Gasteiger partial charge in [0, 0.05) is 17.9 Å². The molecule has 0 aliphatic carbocycles. The van der Waals surface area contributed by atoms with E-state index >= 15 is 0 Å². The van der Waals surface area contributed by atoms with Crippen molar-refractivity contribution in [1.29, 1.82) is 0 Å². The van der Waals surface area contributed by atoms with Gasteiger partial charge in [0.2, 0.25) is 0 Å². The van der Waals surface area contributed by atoms with Gasteiger partial charge in [0.05, 0.1) is 0 Å². The van der Waals surface area contributed by atoms with Gasteiger partial charge in [0.25, 0.3) is 0 Å². The molecule has 0 saturated carbocycles. The molecule has 0 N–H and O–H groups in total. The molecule has 0 unspecified atom stereocenters. The molecule has 0 aliphatic heterocycles. The zero-order valence-corrected chi connectivity index (χ0v) is 9.40. The number of rotatable bonds is 4. The number of halogens is 1. The van der Waals surface area contributed by atoms with E-state index in [1.54, 1.807) is 0 Å². The second-order valence-corrected chi connectivity index (χ2v) is 3.84. The molecule has 1 rings (SSSR count). The Morgan fingerprint density at radius 2 is 2.07 bits per heavy atom. The third kappa shape index (κ3) is 2.58. The molecular formula is C12H15ClO. The standard InChI is InChI=1S/C12H15ClO/c1-9-5-3-6-11(10(9)2)12(14)7-4-8-13/h3,5-6H,4,7-8H2,1-2H3. The van der Waals surface area contributed by atoms with E-state index in [0.29, 0.717) is 12.3 Å². The van der Waals surface area contributed by atoms with Gasteiger partial charge in [-0.25, -0.2) is 0 Å². The average Bonchev–Trinajstić information content (AvgIpc) is 2.18. The maximum Gasteiger partial charge on any atom is 0.163 e. The summed E-state index contributed by atoms with van der Waals surface area (Å²) in [5, 5.41) is 0. The van der Waals surface area contributed by atoms with E-state index < -0.39 is 0 Å². The van der Waals surface area contributed by atoms with E-state index in [-0.39, 0.29) is 5.78 Å². The Morgan fingerprint density at radius 3 is 2.71 bits per heavy atom. The molecular weight excluding hydrogens is 196 g/mol. The van der Waals surface area contributed by atoms with Crippen LogP contribution in [0.2, 0.25) is 0 Å². The molecule has 1 aromatic rings. The topological polar surface area (TPSA) is 17.1 Å². The first-order valence-electron chi connectivity index (χ1n) is 4.82. The fourth-order valence-corrected chi connectivity index (χ4v) is 1.55. The Hall–Kier alpha value is -0.820. The van der Waals surface area contributed by atoms with Crippen LogP contribution in [0, 0.1) is 13.8 Å². The summed E-state index contributed by atoms with van der Waals surface area (Å²) in [5.41, 5.74) is 3.10. The summed E-state index contributed by atoms with van der Waals surface area (Å²) in [7, 11) is 0. The maximum atomic E-state index is 11.7. The molecule has 0 atom stereocenters. The summed E-state index contributed by atoms with van der Waals surface area (Å²) in [4.78, 5) is 11.7. The van der Waals surface area contributed by atoms with Gasteiger partial charge in [-0.15, -0.1) is 11.6 Å². The maximum absolute atomic E-state index is 11.7. The Labute approximate surface area is 90.1 Å². The predicted octanol–water partition coefficient (Wildman–Crippen LogP) is 3.51. The van der Waals surface area contributed by atoms with Crippen molar-refractivity contribution >= 4 is 17.4 Å². The zero-order chi connectivity index (χ0) is 10.6. The van der Waals surface area contributed by atoms with Crippen LogP contribution in [0.25, 0.3) is 0 Å². The van der Waals surface area contributed by atoms with Gasteiger partial charge in [-0.2, -0.15) is 0 Å². The normalized spacial score (nSPS) is 10.2. The van der Waals surface area contributed by atoms with E-state index in [2.05, 4.69) is 0 Å². The predicted molar refractivity (Wildman–Crippen MR) is 60.2 cm³/mol. The monoisotopic (exact) mass is 210 g/mol. The van der Waals surface area contributed by atoms with Crippen LogP contribution in [-0.2, 0) is 0 Å². The van der Waals surface area contributed by atoms with Crippen molar-refractivity contribution in [3.05, 3.63) is 34.9 Å². The van der Waals surface area contributed by atoms with Gasteiger partial charge in [-0.3, -0.25) is 4.79 Å². The molecule has 0 aromatic heterocycles. The molecule has 0 spiro atoms. The molecule has 14 heavy (non-hydrogen) atoms. The molecule has 0 saturated heterocycles. The highest BCUT2D eigenvalue weighted by Gasteiger charge is 2.08. The number of ketones is 1. The minimum absolute atomic E-state index is 0.201. The van der Waals surface area contributed by atoms with Crippen LogP contribution >= 0.6 is 11.6 Å². The molecule has 0 bridgehead atoms. The molecule has 0 aliphatic rings. The molecule has 0 amide bonds. The third-order valence-corrected chi connectivity index (χ3v) is 2.71. The molecule has 0 radical (unpaired) electrons. The largest absolute Gasteiger partial charge is 0.294 e.